The number of methoxy groups -OCH3 is 1. The van der Waals surface area contributed by atoms with Crippen LogP contribution >= 0.6 is 0 Å². The highest BCUT2D eigenvalue weighted by atomic mass is 16.5. The Morgan fingerprint density at radius 3 is 3.21 bits per heavy atom. The summed E-state index contributed by atoms with van der Waals surface area (Å²) in [6, 6.07) is 6.24. The van der Waals surface area contributed by atoms with Crippen LogP contribution in [-0.2, 0) is 0 Å². The van der Waals surface area contributed by atoms with Crippen LogP contribution in [0, 0.1) is 0 Å². The summed E-state index contributed by atoms with van der Waals surface area (Å²) in [6.07, 6.45) is 1.15. The highest BCUT2D eigenvalue weighted by Gasteiger charge is 2.14. The molecule has 14 heavy (non-hydrogen) atoms. The summed E-state index contributed by atoms with van der Waals surface area (Å²) in [5.74, 6) is 1.54. The van der Waals surface area contributed by atoms with Gasteiger partial charge < -0.3 is 15.4 Å². The van der Waals surface area contributed by atoms with Crippen LogP contribution in [-0.4, -0.2) is 31.2 Å². The zero-order valence-electron chi connectivity index (χ0n) is 8.29. The van der Waals surface area contributed by atoms with E-state index in [1.165, 1.54) is 0 Å². The van der Waals surface area contributed by atoms with Gasteiger partial charge in [-0.15, -0.1) is 0 Å². The molecule has 0 amide bonds. The van der Waals surface area contributed by atoms with Crippen LogP contribution in [0.5, 0.6) is 5.88 Å². The molecule has 1 atom stereocenters. The Bertz CT molecular complexity index is 297. The molecule has 4 heteroatoms. The second kappa shape index (κ2) is 4.28. The number of aromatic nitrogens is 1. The van der Waals surface area contributed by atoms with Crippen LogP contribution in [0.4, 0.5) is 5.82 Å². The molecule has 1 aliphatic rings. The second-order valence-electron chi connectivity index (χ2n) is 3.40. The zero-order chi connectivity index (χ0) is 9.80. The van der Waals surface area contributed by atoms with E-state index in [2.05, 4.69) is 15.6 Å². The van der Waals surface area contributed by atoms with Crippen molar-refractivity contribution in [2.45, 2.75) is 12.5 Å². The standard InChI is InChI=1S/C10H15N3O/c1-14-10-4-2-3-9(13-10)12-8-5-6-11-7-8/h2-4,8,11H,5-7H2,1H3,(H,12,13). The van der Waals surface area contributed by atoms with Crippen molar-refractivity contribution in [3.05, 3.63) is 18.2 Å². The monoisotopic (exact) mass is 193 g/mol. The van der Waals surface area contributed by atoms with E-state index in [1.807, 2.05) is 18.2 Å². The van der Waals surface area contributed by atoms with E-state index in [-0.39, 0.29) is 0 Å². The van der Waals surface area contributed by atoms with Gasteiger partial charge in [-0.05, 0) is 19.0 Å². The minimum atomic E-state index is 0.495. The van der Waals surface area contributed by atoms with Gasteiger partial charge in [0.2, 0.25) is 5.88 Å². The Hall–Kier alpha value is -1.29. The lowest BCUT2D eigenvalue weighted by molar-refractivity contribution is 0.398. The van der Waals surface area contributed by atoms with E-state index in [4.69, 9.17) is 4.74 Å². The van der Waals surface area contributed by atoms with Crippen molar-refractivity contribution in [1.29, 1.82) is 0 Å². The number of rotatable bonds is 3. The molecule has 1 unspecified atom stereocenters. The van der Waals surface area contributed by atoms with Crippen molar-refractivity contribution in [2.24, 2.45) is 0 Å². The molecule has 1 aromatic rings. The normalized spacial score (nSPS) is 20.8. The minimum Gasteiger partial charge on any atom is -0.481 e. The summed E-state index contributed by atoms with van der Waals surface area (Å²) >= 11 is 0. The third kappa shape index (κ3) is 2.14. The van der Waals surface area contributed by atoms with E-state index in [1.54, 1.807) is 7.11 Å². The largest absolute Gasteiger partial charge is 0.481 e. The highest BCUT2D eigenvalue weighted by molar-refractivity contribution is 5.38. The van der Waals surface area contributed by atoms with Crippen molar-refractivity contribution in [3.8, 4) is 5.88 Å². The quantitative estimate of drug-likeness (QED) is 0.747. The summed E-state index contributed by atoms with van der Waals surface area (Å²) in [6.45, 7) is 2.10. The summed E-state index contributed by atoms with van der Waals surface area (Å²) in [4.78, 5) is 4.29. The van der Waals surface area contributed by atoms with Crippen molar-refractivity contribution < 1.29 is 4.74 Å². The maximum atomic E-state index is 5.05. The lowest BCUT2D eigenvalue weighted by atomic mass is 10.2. The van der Waals surface area contributed by atoms with Crippen molar-refractivity contribution in [3.63, 3.8) is 0 Å². The molecule has 2 N–H and O–H groups in total. The third-order valence-electron chi connectivity index (χ3n) is 2.34. The maximum absolute atomic E-state index is 5.05. The van der Waals surface area contributed by atoms with Gasteiger partial charge in [-0.1, -0.05) is 6.07 Å². The molecule has 0 saturated carbocycles. The zero-order valence-corrected chi connectivity index (χ0v) is 8.29. The molecule has 1 aromatic heterocycles. The van der Waals surface area contributed by atoms with Gasteiger partial charge >= 0.3 is 0 Å². The van der Waals surface area contributed by atoms with E-state index >= 15 is 0 Å². The lowest BCUT2D eigenvalue weighted by Crippen LogP contribution is -2.22. The molecule has 0 aromatic carbocycles. The topological polar surface area (TPSA) is 46.2 Å². The van der Waals surface area contributed by atoms with Gasteiger partial charge in [-0.25, -0.2) is 0 Å². The van der Waals surface area contributed by atoms with Crippen LogP contribution in [0.25, 0.3) is 0 Å². The second-order valence-corrected chi connectivity index (χ2v) is 3.40. The molecule has 0 aliphatic carbocycles. The summed E-state index contributed by atoms with van der Waals surface area (Å²) in [5, 5.41) is 6.66. The van der Waals surface area contributed by atoms with Gasteiger partial charge in [-0.3, -0.25) is 0 Å². The third-order valence-corrected chi connectivity index (χ3v) is 2.34. The number of anilines is 1. The molecule has 0 radical (unpaired) electrons. The first-order valence-electron chi connectivity index (χ1n) is 4.87. The molecular weight excluding hydrogens is 178 g/mol. The number of ether oxygens (including phenoxy) is 1. The average Bonchev–Trinajstić information content (AvgIpc) is 2.71. The van der Waals surface area contributed by atoms with Gasteiger partial charge in [0.1, 0.15) is 5.82 Å². The average molecular weight is 193 g/mol. The Morgan fingerprint density at radius 1 is 1.57 bits per heavy atom. The molecular formula is C10H15N3O. The van der Waals surface area contributed by atoms with Crippen molar-refractivity contribution >= 4 is 5.82 Å². The van der Waals surface area contributed by atoms with Gasteiger partial charge in [0.05, 0.1) is 7.11 Å². The first kappa shape index (κ1) is 9.27. The fourth-order valence-corrected chi connectivity index (χ4v) is 1.60. The van der Waals surface area contributed by atoms with E-state index in [0.717, 1.165) is 25.3 Å². The Morgan fingerprint density at radius 2 is 2.50 bits per heavy atom. The van der Waals surface area contributed by atoms with Gasteiger partial charge in [0.25, 0.3) is 0 Å². The predicted molar refractivity (Wildman–Crippen MR) is 55.7 cm³/mol. The van der Waals surface area contributed by atoms with Gasteiger partial charge in [0, 0.05) is 18.7 Å². The Labute approximate surface area is 83.7 Å². The molecule has 2 heterocycles. The summed E-state index contributed by atoms with van der Waals surface area (Å²) in [5.41, 5.74) is 0. The van der Waals surface area contributed by atoms with Gasteiger partial charge in [0.15, 0.2) is 0 Å². The minimum absolute atomic E-state index is 0.495. The number of nitrogens with one attached hydrogen (secondary N) is 2. The lowest BCUT2D eigenvalue weighted by Gasteiger charge is -2.12. The van der Waals surface area contributed by atoms with Crippen LogP contribution in [0.15, 0.2) is 18.2 Å². The highest BCUT2D eigenvalue weighted by Crippen LogP contribution is 2.13. The summed E-state index contributed by atoms with van der Waals surface area (Å²) in [7, 11) is 1.63. The van der Waals surface area contributed by atoms with Crippen molar-refractivity contribution in [2.75, 3.05) is 25.5 Å². The SMILES string of the molecule is COc1cccc(NC2CCNC2)n1. The van der Waals surface area contributed by atoms with Crippen LogP contribution in [0.1, 0.15) is 6.42 Å². The molecule has 4 nitrogen and oxygen atoms in total. The molecule has 1 fully saturated rings. The first-order chi connectivity index (χ1) is 6.88. The molecule has 1 saturated heterocycles. The van der Waals surface area contributed by atoms with Crippen LogP contribution in [0.3, 0.4) is 0 Å². The Balaban J connectivity index is 2.00. The first-order valence-corrected chi connectivity index (χ1v) is 4.87. The van der Waals surface area contributed by atoms with Gasteiger partial charge in [-0.2, -0.15) is 4.98 Å². The summed E-state index contributed by atoms with van der Waals surface area (Å²) < 4.78 is 5.05. The molecule has 0 bridgehead atoms. The molecule has 0 spiro atoms. The predicted octanol–water partition coefficient (Wildman–Crippen LogP) is 0.864. The van der Waals surface area contributed by atoms with Crippen LogP contribution < -0.4 is 15.4 Å². The van der Waals surface area contributed by atoms with E-state index in [9.17, 15) is 0 Å². The fourth-order valence-electron chi connectivity index (χ4n) is 1.60. The molecule has 1 aliphatic heterocycles. The number of nitrogens with zero attached hydrogens (tertiary/aromatic N) is 1. The Kier molecular flexibility index (Phi) is 2.84. The van der Waals surface area contributed by atoms with Crippen molar-refractivity contribution in [1.82, 2.24) is 10.3 Å². The number of pyridine rings is 1. The molecule has 2 rings (SSSR count). The van der Waals surface area contributed by atoms with Crippen LogP contribution in [0.2, 0.25) is 0 Å². The number of hydrogen-bond acceptors (Lipinski definition) is 4. The van der Waals surface area contributed by atoms with E-state index in [0.29, 0.717) is 11.9 Å². The fraction of sp³-hybridized carbons (Fsp3) is 0.500. The van der Waals surface area contributed by atoms with E-state index < -0.39 is 0 Å². The number of hydrogen-bond donors (Lipinski definition) is 2. The molecule has 76 valence electrons. The maximum Gasteiger partial charge on any atom is 0.214 e. The smallest absolute Gasteiger partial charge is 0.214 e.